The Hall–Kier alpha value is -1.66. The smallest absolute Gasteiger partial charge is 0.236 e. The highest BCUT2D eigenvalue weighted by Gasteiger charge is 2.50. The molecular formula is C26H36N2O3S. The molecule has 6 rings (SSSR count). The lowest BCUT2D eigenvalue weighted by atomic mass is 9.49. The summed E-state index contributed by atoms with van der Waals surface area (Å²) in [4.78, 5) is 12.8. The molecule has 0 radical (unpaired) electrons. The van der Waals surface area contributed by atoms with Gasteiger partial charge in [-0.15, -0.1) is 0 Å². The molecule has 0 atom stereocenters. The highest BCUT2D eigenvalue weighted by atomic mass is 32.2. The molecule has 1 amide bonds. The number of hydrogen-bond acceptors (Lipinski definition) is 3. The zero-order valence-corrected chi connectivity index (χ0v) is 19.7. The van der Waals surface area contributed by atoms with E-state index < -0.39 is 10.0 Å². The molecule has 0 aromatic heterocycles. The van der Waals surface area contributed by atoms with Crippen molar-refractivity contribution in [3.05, 3.63) is 41.3 Å². The van der Waals surface area contributed by atoms with Crippen molar-refractivity contribution in [1.29, 1.82) is 0 Å². The van der Waals surface area contributed by atoms with E-state index in [2.05, 4.69) is 5.32 Å². The van der Waals surface area contributed by atoms with Crippen molar-refractivity contribution in [3.8, 4) is 0 Å². The average Bonchev–Trinajstić information content (AvgIpc) is 2.77. The first-order valence-corrected chi connectivity index (χ1v) is 13.9. The van der Waals surface area contributed by atoms with Crippen LogP contribution in [0.2, 0.25) is 0 Å². The molecule has 174 valence electrons. The van der Waals surface area contributed by atoms with Crippen LogP contribution in [0.3, 0.4) is 0 Å². The maximum Gasteiger partial charge on any atom is 0.236 e. The predicted molar refractivity (Wildman–Crippen MR) is 127 cm³/mol. The topological polar surface area (TPSA) is 66.5 Å². The Labute approximate surface area is 192 Å². The fraction of sp³-hybridized carbons (Fsp3) is 0.654. The summed E-state index contributed by atoms with van der Waals surface area (Å²) in [6, 6.07) is 9.45. The number of carbonyl (C=O) groups excluding carboxylic acids is 1. The van der Waals surface area contributed by atoms with E-state index in [0.29, 0.717) is 31.3 Å². The van der Waals surface area contributed by atoms with Crippen LogP contribution in [0.15, 0.2) is 35.7 Å². The third-order valence-corrected chi connectivity index (χ3v) is 10.1. The van der Waals surface area contributed by atoms with Crippen molar-refractivity contribution in [2.24, 2.45) is 29.1 Å². The average molecular weight is 457 g/mol. The lowest BCUT2D eigenvalue weighted by Crippen LogP contribution is -2.48. The van der Waals surface area contributed by atoms with Crippen LogP contribution in [0, 0.1) is 29.1 Å². The van der Waals surface area contributed by atoms with Crippen LogP contribution in [0.4, 0.5) is 0 Å². The van der Waals surface area contributed by atoms with Crippen LogP contribution in [0.5, 0.6) is 0 Å². The zero-order chi connectivity index (χ0) is 22.2. The minimum atomic E-state index is -3.45. The van der Waals surface area contributed by atoms with Crippen molar-refractivity contribution in [2.75, 3.05) is 19.6 Å². The van der Waals surface area contributed by atoms with E-state index in [-0.39, 0.29) is 11.8 Å². The first-order chi connectivity index (χ1) is 15.4. The standard InChI is InChI=1S/C26H36N2O3S/c29-25(27-10-9-26-17-21-14-22(18-26)16-23(15-21)19-26)24-6-11-28(12-7-24)32(30,31)13-8-20-4-2-1-3-5-20/h1-5,8,13,21-24H,6-7,9-12,14-19H2,(H,27,29)/b13-8+. The molecule has 0 spiro atoms. The predicted octanol–water partition coefficient (Wildman–Crippen LogP) is 4.42. The van der Waals surface area contributed by atoms with Gasteiger partial charge in [-0.25, -0.2) is 8.42 Å². The molecule has 4 bridgehead atoms. The SMILES string of the molecule is O=C(NCCC12CC3CC(CC(C3)C1)C2)C1CCN(S(=O)(=O)/C=C/c2ccccc2)CC1. The second kappa shape index (κ2) is 8.94. The summed E-state index contributed by atoms with van der Waals surface area (Å²) in [5, 5.41) is 4.49. The zero-order valence-electron chi connectivity index (χ0n) is 18.9. The van der Waals surface area contributed by atoms with Gasteiger partial charge in [0.1, 0.15) is 0 Å². The van der Waals surface area contributed by atoms with E-state index in [9.17, 15) is 13.2 Å². The van der Waals surface area contributed by atoms with Crippen LogP contribution >= 0.6 is 0 Å². The summed E-state index contributed by atoms with van der Waals surface area (Å²) in [6.45, 7) is 1.60. The van der Waals surface area contributed by atoms with Gasteiger partial charge in [0.25, 0.3) is 0 Å². The van der Waals surface area contributed by atoms with Gasteiger partial charge in [0, 0.05) is 31.0 Å². The molecule has 5 fully saturated rings. The van der Waals surface area contributed by atoms with Crippen LogP contribution in [-0.2, 0) is 14.8 Å². The number of hydrogen-bond donors (Lipinski definition) is 1. The quantitative estimate of drug-likeness (QED) is 0.660. The molecule has 1 aliphatic heterocycles. The Morgan fingerprint density at radius 2 is 1.59 bits per heavy atom. The maximum absolute atomic E-state index is 12.8. The van der Waals surface area contributed by atoms with Crippen LogP contribution in [0.1, 0.15) is 63.4 Å². The largest absolute Gasteiger partial charge is 0.356 e. The second-order valence-corrected chi connectivity index (χ2v) is 12.7. The number of rotatable bonds is 7. The molecule has 5 aliphatic rings. The third-order valence-electron chi connectivity index (χ3n) is 8.54. The molecule has 1 aromatic carbocycles. The van der Waals surface area contributed by atoms with E-state index >= 15 is 0 Å². The van der Waals surface area contributed by atoms with Gasteiger partial charge in [-0.1, -0.05) is 30.3 Å². The molecule has 1 saturated heterocycles. The van der Waals surface area contributed by atoms with E-state index in [1.165, 1.54) is 48.2 Å². The first kappa shape index (κ1) is 22.1. The number of amides is 1. The summed E-state index contributed by atoms with van der Waals surface area (Å²) in [5.74, 6) is 2.88. The van der Waals surface area contributed by atoms with Gasteiger partial charge in [0.2, 0.25) is 15.9 Å². The van der Waals surface area contributed by atoms with Crippen LogP contribution in [0.25, 0.3) is 6.08 Å². The molecule has 5 nitrogen and oxygen atoms in total. The highest BCUT2D eigenvalue weighted by Crippen LogP contribution is 2.61. The molecule has 4 saturated carbocycles. The van der Waals surface area contributed by atoms with Crippen LogP contribution < -0.4 is 5.32 Å². The monoisotopic (exact) mass is 456 g/mol. The molecule has 0 unspecified atom stereocenters. The van der Waals surface area contributed by atoms with Crippen molar-refractivity contribution in [1.82, 2.24) is 9.62 Å². The highest BCUT2D eigenvalue weighted by molar-refractivity contribution is 7.92. The van der Waals surface area contributed by atoms with E-state index in [1.54, 1.807) is 6.08 Å². The van der Waals surface area contributed by atoms with E-state index in [4.69, 9.17) is 0 Å². The molecule has 32 heavy (non-hydrogen) atoms. The molecule has 4 aliphatic carbocycles. The summed E-state index contributed by atoms with van der Waals surface area (Å²) in [6.07, 6.45) is 12.4. The molecule has 6 heteroatoms. The number of sulfonamides is 1. The molecule has 1 aromatic rings. The Morgan fingerprint density at radius 3 is 2.19 bits per heavy atom. The summed E-state index contributed by atoms with van der Waals surface area (Å²) >= 11 is 0. The molecule has 1 heterocycles. The fourth-order valence-electron chi connectivity index (χ4n) is 7.38. The fourth-order valence-corrected chi connectivity index (χ4v) is 8.60. The Morgan fingerprint density at radius 1 is 1.00 bits per heavy atom. The van der Waals surface area contributed by atoms with Gasteiger partial charge < -0.3 is 5.32 Å². The van der Waals surface area contributed by atoms with Crippen molar-refractivity contribution < 1.29 is 13.2 Å². The first-order valence-electron chi connectivity index (χ1n) is 12.4. The van der Waals surface area contributed by atoms with Crippen molar-refractivity contribution in [3.63, 3.8) is 0 Å². The minimum Gasteiger partial charge on any atom is -0.356 e. The molecular weight excluding hydrogens is 420 g/mol. The lowest BCUT2D eigenvalue weighted by molar-refractivity contribution is -0.126. The van der Waals surface area contributed by atoms with E-state index in [1.807, 2.05) is 30.3 Å². The van der Waals surface area contributed by atoms with Crippen molar-refractivity contribution >= 4 is 22.0 Å². The van der Waals surface area contributed by atoms with Gasteiger partial charge >= 0.3 is 0 Å². The number of nitrogens with one attached hydrogen (secondary N) is 1. The number of carbonyl (C=O) groups is 1. The number of benzene rings is 1. The summed E-state index contributed by atoms with van der Waals surface area (Å²) in [5.41, 5.74) is 1.36. The van der Waals surface area contributed by atoms with E-state index in [0.717, 1.165) is 36.3 Å². The minimum absolute atomic E-state index is 0.0732. The van der Waals surface area contributed by atoms with Crippen molar-refractivity contribution in [2.45, 2.75) is 57.8 Å². The summed E-state index contributed by atoms with van der Waals surface area (Å²) in [7, 11) is -3.45. The number of nitrogens with zero attached hydrogens (tertiary/aromatic N) is 1. The Bertz CT molecular complexity index is 913. The molecule has 1 N–H and O–H groups in total. The normalized spacial score (nSPS) is 33.1. The second-order valence-electron chi connectivity index (χ2n) is 10.9. The summed E-state index contributed by atoms with van der Waals surface area (Å²) < 4.78 is 26.8. The van der Waals surface area contributed by atoms with Crippen LogP contribution in [-0.4, -0.2) is 38.3 Å². The van der Waals surface area contributed by atoms with Gasteiger partial charge in [-0.2, -0.15) is 4.31 Å². The third kappa shape index (κ3) is 4.81. The van der Waals surface area contributed by atoms with Gasteiger partial charge in [0.15, 0.2) is 0 Å². The van der Waals surface area contributed by atoms with Gasteiger partial charge in [-0.05, 0) is 92.6 Å². The van der Waals surface area contributed by atoms with Gasteiger partial charge in [-0.3, -0.25) is 4.79 Å². The Balaban J connectivity index is 1.08. The maximum atomic E-state index is 12.8. The number of piperidine rings is 1. The Kier molecular flexibility index (Phi) is 6.19. The lowest BCUT2D eigenvalue weighted by Gasteiger charge is -2.57. The van der Waals surface area contributed by atoms with Gasteiger partial charge in [0.05, 0.1) is 0 Å².